The second kappa shape index (κ2) is 13.7. The summed E-state index contributed by atoms with van der Waals surface area (Å²) in [4.78, 5) is 22.2. The summed E-state index contributed by atoms with van der Waals surface area (Å²) in [6.07, 6.45) is 0. The van der Waals surface area contributed by atoms with Gasteiger partial charge in [0.25, 0.3) is 0 Å². The highest BCUT2D eigenvalue weighted by Crippen LogP contribution is 2.30. The maximum Gasteiger partial charge on any atom is 0.357 e. The number of rotatable bonds is 11. The highest BCUT2D eigenvalue weighted by atomic mass is 16.5. The van der Waals surface area contributed by atoms with Gasteiger partial charge in [-0.25, -0.2) is 14.8 Å². The average Bonchev–Trinajstić information content (AvgIpc) is 3.09. The van der Waals surface area contributed by atoms with E-state index >= 15 is 0 Å². The zero-order valence-electron chi connectivity index (χ0n) is 24.7. The van der Waals surface area contributed by atoms with E-state index in [1.165, 1.54) is 0 Å². The Kier molecular flexibility index (Phi) is 8.92. The number of carbonyl (C=O) groups is 1. The summed E-state index contributed by atoms with van der Waals surface area (Å²) in [6.45, 7) is 2.46. The van der Waals surface area contributed by atoms with Gasteiger partial charge in [-0.2, -0.15) is 0 Å². The third-order valence-electron chi connectivity index (χ3n) is 7.38. The first-order chi connectivity index (χ1) is 22.1. The maximum atomic E-state index is 12.8. The number of para-hydroxylation sites is 2. The Bertz CT molecular complexity index is 1830. The molecule has 0 bridgehead atoms. The average molecular weight is 598 g/mol. The second-order valence-electron chi connectivity index (χ2n) is 10.3. The molecule has 0 fully saturated rings. The van der Waals surface area contributed by atoms with Crippen LogP contribution in [-0.2, 0) is 22.7 Å². The SMILES string of the molecule is CCOC(=O)/C(=N\O)C(c1ccc(OCc2ccc3ccccc3n2)cc1)c1ccc(OCc2ccc3ccccc3n2)cc1. The minimum Gasteiger partial charge on any atom is -0.487 e. The summed E-state index contributed by atoms with van der Waals surface area (Å²) in [5.74, 6) is -0.119. The molecule has 0 saturated carbocycles. The molecule has 0 saturated heterocycles. The zero-order chi connectivity index (χ0) is 31.0. The maximum absolute atomic E-state index is 12.8. The number of oxime groups is 1. The lowest BCUT2D eigenvalue weighted by Crippen LogP contribution is -2.26. The Hall–Kier alpha value is -5.76. The van der Waals surface area contributed by atoms with Crippen LogP contribution in [-0.4, -0.2) is 33.5 Å². The molecule has 6 aromatic rings. The van der Waals surface area contributed by atoms with E-state index in [0.717, 1.165) is 44.3 Å². The Balaban J connectivity index is 1.18. The molecule has 0 spiro atoms. The van der Waals surface area contributed by atoms with Crippen molar-refractivity contribution in [3.8, 4) is 11.5 Å². The standard InChI is InChI=1S/C37H31N3O5/c1-2-43-37(41)36(40-42)35(27-13-19-31(20-14-27)44-23-29-17-11-25-7-3-5-9-33(25)38-29)28-15-21-32(22-16-28)45-24-30-18-12-26-8-4-6-10-34(26)39-30/h3-22,35,42H,2,23-24H2,1H3/b40-36-. The van der Waals surface area contributed by atoms with Crippen LogP contribution in [0.5, 0.6) is 11.5 Å². The minimum atomic E-state index is -0.699. The van der Waals surface area contributed by atoms with Crippen LogP contribution in [0.4, 0.5) is 0 Å². The number of fused-ring (bicyclic) bond motifs is 2. The first kappa shape index (κ1) is 29.3. The van der Waals surface area contributed by atoms with Crippen LogP contribution in [0.1, 0.15) is 35.4 Å². The Morgan fingerprint density at radius 3 is 1.58 bits per heavy atom. The molecule has 0 aliphatic heterocycles. The molecule has 224 valence electrons. The van der Waals surface area contributed by atoms with Crippen LogP contribution in [0, 0.1) is 0 Å². The van der Waals surface area contributed by atoms with Gasteiger partial charge in [0.2, 0.25) is 0 Å². The van der Waals surface area contributed by atoms with Crippen LogP contribution < -0.4 is 9.47 Å². The molecule has 0 unspecified atom stereocenters. The van der Waals surface area contributed by atoms with Gasteiger partial charge >= 0.3 is 5.97 Å². The molecule has 0 atom stereocenters. The van der Waals surface area contributed by atoms with Crippen LogP contribution >= 0.6 is 0 Å². The molecular formula is C37H31N3O5. The third-order valence-corrected chi connectivity index (χ3v) is 7.38. The van der Waals surface area contributed by atoms with Gasteiger partial charge in [-0.15, -0.1) is 0 Å². The van der Waals surface area contributed by atoms with Gasteiger partial charge in [0, 0.05) is 10.8 Å². The van der Waals surface area contributed by atoms with Crippen LogP contribution in [0.15, 0.2) is 126 Å². The van der Waals surface area contributed by atoms with Crippen molar-refractivity contribution >= 4 is 33.5 Å². The Morgan fingerprint density at radius 2 is 1.13 bits per heavy atom. The fourth-order valence-corrected chi connectivity index (χ4v) is 5.13. The molecule has 45 heavy (non-hydrogen) atoms. The zero-order valence-corrected chi connectivity index (χ0v) is 24.7. The molecule has 2 heterocycles. The molecule has 0 radical (unpaired) electrons. The predicted octanol–water partition coefficient (Wildman–Crippen LogP) is 7.47. The molecule has 0 amide bonds. The lowest BCUT2D eigenvalue weighted by molar-refractivity contribution is -0.135. The molecule has 8 nitrogen and oxygen atoms in total. The molecule has 0 aliphatic rings. The van der Waals surface area contributed by atoms with Crippen LogP contribution in [0.25, 0.3) is 21.8 Å². The number of aromatic nitrogens is 2. The topological polar surface area (TPSA) is 103 Å². The highest BCUT2D eigenvalue weighted by molar-refractivity contribution is 6.39. The summed E-state index contributed by atoms with van der Waals surface area (Å²) in [5, 5.41) is 15.4. The van der Waals surface area contributed by atoms with Crippen molar-refractivity contribution in [2.75, 3.05) is 6.61 Å². The number of hydrogen-bond donors (Lipinski definition) is 1. The fraction of sp³-hybridized carbons (Fsp3) is 0.135. The van der Waals surface area contributed by atoms with E-state index in [2.05, 4.69) is 15.1 Å². The smallest absolute Gasteiger partial charge is 0.357 e. The molecule has 8 heteroatoms. The summed E-state index contributed by atoms with van der Waals surface area (Å²) in [6, 6.07) is 38.4. The van der Waals surface area contributed by atoms with Crippen molar-refractivity contribution in [1.82, 2.24) is 9.97 Å². The number of nitrogens with zero attached hydrogens (tertiary/aromatic N) is 3. The highest BCUT2D eigenvalue weighted by Gasteiger charge is 2.28. The van der Waals surface area contributed by atoms with Crippen molar-refractivity contribution in [2.45, 2.75) is 26.1 Å². The summed E-state index contributed by atoms with van der Waals surface area (Å²) in [5.41, 5.74) is 4.77. The molecule has 4 aromatic carbocycles. The van der Waals surface area contributed by atoms with E-state index in [9.17, 15) is 10.0 Å². The molecule has 6 rings (SSSR count). The molecule has 0 aliphatic carbocycles. The Labute approximate surface area is 260 Å². The van der Waals surface area contributed by atoms with Crippen LogP contribution in [0.3, 0.4) is 0 Å². The van der Waals surface area contributed by atoms with Gasteiger partial charge in [0.05, 0.1) is 34.9 Å². The predicted molar refractivity (Wildman–Crippen MR) is 173 cm³/mol. The molecule has 2 aromatic heterocycles. The van der Waals surface area contributed by atoms with E-state index in [0.29, 0.717) is 24.7 Å². The number of hydrogen-bond acceptors (Lipinski definition) is 8. The normalized spacial score (nSPS) is 11.6. The van der Waals surface area contributed by atoms with Gasteiger partial charge in [0.15, 0.2) is 5.71 Å². The van der Waals surface area contributed by atoms with E-state index in [-0.39, 0.29) is 12.3 Å². The van der Waals surface area contributed by atoms with Crippen molar-refractivity contribution in [2.24, 2.45) is 5.16 Å². The number of carbonyl (C=O) groups excluding carboxylic acids is 1. The summed E-state index contributed by atoms with van der Waals surface area (Å²) in [7, 11) is 0. The van der Waals surface area contributed by atoms with E-state index < -0.39 is 11.9 Å². The third kappa shape index (κ3) is 6.91. The number of benzene rings is 4. The lowest BCUT2D eigenvalue weighted by Gasteiger charge is -2.19. The second-order valence-corrected chi connectivity index (χ2v) is 10.3. The first-order valence-corrected chi connectivity index (χ1v) is 14.6. The van der Waals surface area contributed by atoms with Gasteiger partial charge in [-0.1, -0.05) is 78.0 Å². The fourth-order valence-electron chi connectivity index (χ4n) is 5.13. The quantitative estimate of drug-likeness (QED) is 0.0715. The van der Waals surface area contributed by atoms with Gasteiger partial charge in [-0.05, 0) is 66.6 Å². The van der Waals surface area contributed by atoms with E-state index in [4.69, 9.17) is 14.2 Å². The number of ether oxygens (including phenoxy) is 3. The van der Waals surface area contributed by atoms with Crippen LogP contribution in [0.2, 0.25) is 0 Å². The van der Waals surface area contributed by atoms with Gasteiger partial charge in [0.1, 0.15) is 24.7 Å². The van der Waals surface area contributed by atoms with Crippen molar-refractivity contribution in [3.63, 3.8) is 0 Å². The van der Waals surface area contributed by atoms with Crippen molar-refractivity contribution in [3.05, 3.63) is 144 Å². The molecular weight excluding hydrogens is 566 g/mol. The van der Waals surface area contributed by atoms with Gasteiger partial charge < -0.3 is 19.4 Å². The number of esters is 1. The van der Waals surface area contributed by atoms with Gasteiger partial charge in [-0.3, -0.25) is 0 Å². The minimum absolute atomic E-state index is 0.125. The monoisotopic (exact) mass is 597 g/mol. The molecule has 1 N–H and O–H groups in total. The van der Waals surface area contributed by atoms with E-state index in [1.807, 2.05) is 121 Å². The first-order valence-electron chi connectivity index (χ1n) is 14.6. The van der Waals surface area contributed by atoms with E-state index in [1.54, 1.807) is 6.92 Å². The van der Waals surface area contributed by atoms with Crippen molar-refractivity contribution in [1.29, 1.82) is 0 Å². The largest absolute Gasteiger partial charge is 0.487 e. The van der Waals surface area contributed by atoms with Crippen molar-refractivity contribution < 1.29 is 24.2 Å². The summed E-state index contributed by atoms with van der Waals surface area (Å²) < 4.78 is 17.2. The summed E-state index contributed by atoms with van der Waals surface area (Å²) >= 11 is 0. The Morgan fingerprint density at radius 1 is 0.667 bits per heavy atom. The lowest BCUT2D eigenvalue weighted by atomic mass is 9.87. The number of pyridine rings is 2.